The first kappa shape index (κ1) is 16.1. The fourth-order valence-corrected chi connectivity index (χ4v) is 3.58. The molecule has 6 heteroatoms. The molecule has 23 heavy (non-hydrogen) atoms. The van der Waals surface area contributed by atoms with Crippen LogP contribution in [0.3, 0.4) is 0 Å². The molecule has 0 N–H and O–H groups in total. The number of amides is 2. The Hall–Kier alpha value is -1.76. The molecule has 0 spiro atoms. The van der Waals surface area contributed by atoms with Crippen molar-refractivity contribution in [3.63, 3.8) is 0 Å². The van der Waals surface area contributed by atoms with Gasteiger partial charge < -0.3 is 0 Å². The van der Waals surface area contributed by atoms with Crippen molar-refractivity contribution >= 4 is 62.1 Å². The Labute approximate surface area is 151 Å². The van der Waals surface area contributed by atoms with E-state index in [1.54, 1.807) is 30.3 Å². The lowest BCUT2D eigenvalue weighted by molar-refractivity contribution is -0.120. The van der Waals surface area contributed by atoms with Crippen LogP contribution in [0, 0.1) is 0 Å². The Morgan fingerprint density at radius 2 is 1.74 bits per heavy atom. The maximum Gasteiger partial charge on any atom is 0.273 e. The highest BCUT2D eigenvalue weighted by molar-refractivity contribution is 9.10. The van der Waals surface area contributed by atoms with Crippen LogP contribution in [0.4, 0.5) is 0 Å². The normalized spacial score (nSPS) is 16.2. The maximum absolute atomic E-state index is 12.5. The van der Waals surface area contributed by atoms with E-state index in [1.165, 1.54) is 0 Å². The number of thiocarbonyl (C=S) groups is 1. The number of carbonyl (C=O) groups is 2. The molecular formula is C17H10BrNO2S2. The van der Waals surface area contributed by atoms with Gasteiger partial charge in [-0.3, -0.25) is 9.59 Å². The number of halogens is 1. The van der Waals surface area contributed by atoms with E-state index >= 15 is 0 Å². The summed E-state index contributed by atoms with van der Waals surface area (Å²) in [6.07, 6.45) is 1.74. The number of benzene rings is 2. The van der Waals surface area contributed by atoms with Crippen molar-refractivity contribution in [3.8, 4) is 0 Å². The number of rotatable bonds is 2. The van der Waals surface area contributed by atoms with Gasteiger partial charge in [-0.1, -0.05) is 70.2 Å². The molecule has 1 fully saturated rings. The van der Waals surface area contributed by atoms with Gasteiger partial charge in [-0.05, 0) is 35.9 Å². The molecule has 114 valence electrons. The second-order valence-electron chi connectivity index (χ2n) is 4.74. The number of hydrogen-bond acceptors (Lipinski definition) is 4. The van der Waals surface area contributed by atoms with Crippen molar-refractivity contribution in [2.45, 2.75) is 0 Å². The van der Waals surface area contributed by atoms with E-state index in [0.717, 1.165) is 26.7 Å². The maximum atomic E-state index is 12.5. The largest absolute Gasteiger partial charge is 0.273 e. The second kappa shape index (κ2) is 6.78. The number of thioether (sulfide) groups is 1. The summed E-state index contributed by atoms with van der Waals surface area (Å²) in [5.74, 6) is -0.774. The molecule has 0 atom stereocenters. The van der Waals surface area contributed by atoms with Crippen molar-refractivity contribution < 1.29 is 9.59 Å². The minimum absolute atomic E-state index is 0.257. The monoisotopic (exact) mass is 403 g/mol. The van der Waals surface area contributed by atoms with Gasteiger partial charge in [0.25, 0.3) is 11.8 Å². The van der Waals surface area contributed by atoms with E-state index in [9.17, 15) is 9.59 Å². The van der Waals surface area contributed by atoms with Crippen molar-refractivity contribution in [1.82, 2.24) is 4.90 Å². The van der Waals surface area contributed by atoms with E-state index in [4.69, 9.17) is 12.2 Å². The summed E-state index contributed by atoms with van der Waals surface area (Å²) in [5.41, 5.74) is 1.31. The number of nitrogens with zero attached hydrogens (tertiary/aromatic N) is 1. The quantitative estimate of drug-likeness (QED) is 0.420. The average molecular weight is 404 g/mol. The highest BCUT2D eigenvalue weighted by Crippen LogP contribution is 2.33. The predicted molar refractivity (Wildman–Crippen MR) is 99.9 cm³/mol. The molecule has 0 unspecified atom stereocenters. The summed E-state index contributed by atoms with van der Waals surface area (Å²) in [6.45, 7) is 0. The van der Waals surface area contributed by atoms with Gasteiger partial charge in [0.1, 0.15) is 0 Å². The summed E-state index contributed by atoms with van der Waals surface area (Å²) in [7, 11) is 0. The molecule has 1 heterocycles. The van der Waals surface area contributed by atoms with Crippen LogP contribution in [-0.4, -0.2) is 21.0 Å². The van der Waals surface area contributed by atoms with Gasteiger partial charge in [0.05, 0.1) is 4.91 Å². The Kier molecular flexibility index (Phi) is 4.75. The van der Waals surface area contributed by atoms with Crippen molar-refractivity contribution in [3.05, 3.63) is 75.1 Å². The minimum Gasteiger partial charge on any atom is -0.268 e. The fourth-order valence-electron chi connectivity index (χ4n) is 2.06. The van der Waals surface area contributed by atoms with E-state index in [0.29, 0.717) is 10.5 Å². The lowest BCUT2D eigenvalue weighted by atomic mass is 10.2. The molecule has 1 aliphatic heterocycles. The van der Waals surface area contributed by atoms with E-state index < -0.39 is 5.91 Å². The van der Waals surface area contributed by atoms with Crippen LogP contribution in [0.5, 0.6) is 0 Å². The van der Waals surface area contributed by atoms with Crippen molar-refractivity contribution in [2.75, 3.05) is 0 Å². The van der Waals surface area contributed by atoms with Gasteiger partial charge >= 0.3 is 0 Å². The third kappa shape index (κ3) is 3.44. The number of hydrogen-bond donors (Lipinski definition) is 0. The lowest BCUT2D eigenvalue weighted by Crippen LogP contribution is -2.34. The van der Waals surface area contributed by atoms with Crippen LogP contribution in [0.15, 0.2) is 64.0 Å². The molecule has 0 radical (unpaired) electrons. The standard InChI is InChI=1S/C17H10BrNO2S2/c18-13-8-6-11(7-9-13)10-14-16(21)19(17(22)23-14)15(20)12-4-2-1-3-5-12/h1-10H/b14-10+. The van der Waals surface area contributed by atoms with Crippen LogP contribution in [0.1, 0.15) is 15.9 Å². The molecular weight excluding hydrogens is 394 g/mol. The van der Waals surface area contributed by atoms with Gasteiger partial charge in [0.15, 0.2) is 4.32 Å². The van der Waals surface area contributed by atoms with E-state index in [-0.39, 0.29) is 10.2 Å². The average Bonchev–Trinajstić information content (AvgIpc) is 2.84. The number of imide groups is 1. The topological polar surface area (TPSA) is 37.4 Å². The Morgan fingerprint density at radius 1 is 1.09 bits per heavy atom. The molecule has 0 saturated carbocycles. The Bertz CT molecular complexity index is 816. The summed E-state index contributed by atoms with van der Waals surface area (Å²) in [4.78, 5) is 26.5. The first-order valence-corrected chi connectivity index (χ1v) is 8.71. The smallest absolute Gasteiger partial charge is 0.268 e. The van der Waals surface area contributed by atoms with Crippen LogP contribution >= 0.6 is 39.9 Å². The molecule has 0 aromatic heterocycles. The zero-order chi connectivity index (χ0) is 16.4. The van der Waals surface area contributed by atoms with Gasteiger partial charge in [-0.25, -0.2) is 4.90 Å². The molecule has 2 amide bonds. The molecule has 2 aromatic carbocycles. The lowest BCUT2D eigenvalue weighted by Gasteiger charge is -2.12. The van der Waals surface area contributed by atoms with Crippen molar-refractivity contribution in [1.29, 1.82) is 0 Å². The summed E-state index contributed by atoms with van der Waals surface area (Å²) >= 11 is 9.71. The third-order valence-electron chi connectivity index (χ3n) is 3.19. The SMILES string of the molecule is O=C1/C(=C\c2ccc(Br)cc2)SC(=S)N1C(=O)c1ccccc1. The molecule has 1 aliphatic rings. The van der Waals surface area contributed by atoms with Gasteiger partial charge in [0, 0.05) is 10.0 Å². The molecule has 1 saturated heterocycles. The zero-order valence-corrected chi connectivity index (χ0v) is 15.0. The fraction of sp³-hybridized carbons (Fsp3) is 0. The summed E-state index contributed by atoms with van der Waals surface area (Å²) in [6, 6.07) is 16.2. The van der Waals surface area contributed by atoms with Gasteiger partial charge in [0.2, 0.25) is 0 Å². The number of carbonyl (C=O) groups excluding carboxylic acids is 2. The van der Waals surface area contributed by atoms with Crippen LogP contribution in [0.2, 0.25) is 0 Å². The molecule has 0 aliphatic carbocycles. The highest BCUT2D eigenvalue weighted by atomic mass is 79.9. The van der Waals surface area contributed by atoms with Crippen LogP contribution in [-0.2, 0) is 4.79 Å². The second-order valence-corrected chi connectivity index (χ2v) is 7.33. The summed E-state index contributed by atoms with van der Waals surface area (Å²) < 4.78 is 1.22. The minimum atomic E-state index is -0.396. The van der Waals surface area contributed by atoms with E-state index in [1.807, 2.05) is 30.3 Å². The first-order chi connectivity index (χ1) is 11.1. The van der Waals surface area contributed by atoms with Crippen LogP contribution in [0.25, 0.3) is 6.08 Å². The van der Waals surface area contributed by atoms with Gasteiger partial charge in [-0.2, -0.15) is 0 Å². The Morgan fingerprint density at radius 3 is 2.39 bits per heavy atom. The molecule has 3 rings (SSSR count). The first-order valence-electron chi connectivity index (χ1n) is 6.69. The predicted octanol–water partition coefficient (Wildman–Crippen LogP) is 4.49. The highest BCUT2D eigenvalue weighted by Gasteiger charge is 2.37. The van der Waals surface area contributed by atoms with Crippen LogP contribution < -0.4 is 0 Å². The molecule has 2 aromatic rings. The summed E-state index contributed by atoms with van der Waals surface area (Å²) in [5, 5.41) is 0. The van der Waals surface area contributed by atoms with Gasteiger partial charge in [-0.15, -0.1) is 0 Å². The molecule has 0 bridgehead atoms. The van der Waals surface area contributed by atoms with Crippen molar-refractivity contribution in [2.24, 2.45) is 0 Å². The third-order valence-corrected chi connectivity index (χ3v) is 5.02. The molecule has 3 nitrogen and oxygen atoms in total. The Balaban J connectivity index is 1.88. The van der Waals surface area contributed by atoms with E-state index in [2.05, 4.69) is 15.9 Å². The zero-order valence-electron chi connectivity index (χ0n) is 11.7.